The Morgan fingerprint density at radius 3 is 2.72 bits per heavy atom. The molecule has 160 valence electrons. The quantitative estimate of drug-likeness (QED) is 0.337. The second-order valence-electron chi connectivity index (χ2n) is 7.65. The van der Waals surface area contributed by atoms with E-state index in [1.165, 1.54) is 6.07 Å². The Morgan fingerprint density at radius 2 is 1.94 bits per heavy atom. The van der Waals surface area contributed by atoms with Gasteiger partial charge in [0.15, 0.2) is 0 Å². The predicted octanol–water partition coefficient (Wildman–Crippen LogP) is 4.98. The number of carbonyl (C=O) groups is 1. The number of rotatable bonds is 6. The molecule has 0 saturated carbocycles. The first-order valence-corrected chi connectivity index (χ1v) is 10.4. The van der Waals surface area contributed by atoms with Crippen molar-refractivity contribution in [3.05, 3.63) is 94.7 Å². The van der Waals surface area contributed by atoms with Crippen molar-refractivity contribution >= 4 is 22.9 Å². The molecule has 0 aliphatic carbocycles. The number of para-hydroxylation sites is 2. The first kappa shape index (κ1) is 21.1. The van der Waals surface area contributed by atoms with E-state index in [2.05, 4.69) is 10.3 Å². The summed E-state index contributed by atoms with van der Waals surface area (Å²) in [6.45, 7) is 4.12. The van der Waals surface area contributed by atoms with Crippen LogP contribution in [0.15, 0.2) is 66.4 Å². The highest BCUT2D eigenvalue weighted by Gasteiger charge is 2.15. The number of nitrogens with one attached hydrogen (secondary N) is 2. The monoisotopic (exact) mass is 426 g/mol. The molecule has 2 aromatic heterocycles. The Morgan fingerprint density at radius 1 is 1.19 bits per heavy atom. The zero-order chi connectivity index (χ0) is 22.7. The van der Waals surface area contributed by atoms with Crippen molar-refractivity contribution in [1.82, 2.24) is 14.9 Å². The van der Waals surface area contributed by atoms with Crippen molar-refractivity contribution in [2.45, 2.75) is 20.3 Å². The largest absolute Gasteiger partial charge is 0.361 e. The highest BCUT2D eigenvalue weighted by atomic mass is 19.1. The SMILES string of the molecule is Cc1cc(C=C(C#N)C(=O)NCCc2c[nH]c3ccccc23)c(C)n1-c1ccccc1F. The summed E-state index contributed by atoms with van der Waals surface area (Å²) in [6, 6.07) is 18.3. The van der Waals surface area contributed by atoms with E-state index in [4.69, 9.17) is 0 Å². The lowest BCUT2D eigenvalue weighted by molar-refractivity contribution is -0.117. The number of fused-ring (bicyclic) bond motifs is 1. The van der Waals surface area contributed by atoms with Crippen molar-refractivity contribution < 1.29 is 9.18 Å². The van der Waals surface area contributed by atoms with E-state index < -0.39 is 5.91 Å². The zero-order valence-corrected chi connectivity index (χ0v) is 17.9. The number of hydrogen-bond donors (Lipinski definition) is 2. The fourth-order valence-corrected chi connectivity index (χ4v) is 3.99. The zero-order valence-electron chi connectivity index (χ0n) is 17.9. The van der Waals surface area contributed by atoms with Gasteiger partial charge in [-0.25, -0.2) is 4.39 Å². The predicted molar refractivity (Wildman–Crippen MR) is 124 cm³/mol. The lowest BCUT2D eigenvalue weighted by Gasteiger charge is -2.10. The van der Waals surface area contributed by atoms with Crippen LogP contribution in [-0.4, -0.2) is 22.0 Å². The van der Waals surface area contributed by atoms with Crippen LogP contribution in [0.5, 0.6) is 0 Å². The van der Waals surface area contributed by atoms with Gasteiger partial charge in [0.25, 0.3) is 5.91 Å². The second-order valence-corrected chi connectivity index (χ2v) is 7.65. The Bertz CT molecular complexity index is 1370. The molecule has 0 fully saturated rings. The molecule has 0 bridgehead atoms. The maximum Gasteiger partial charge on any atom is 0.261 e. The summed E-state index contributed by atoms with van der Waals surface area (Å²) in [5.41, 5.74) is 4.88. The molecule has 2 aromatic carbocycles. The van der Waals surface area contributed by atoms with Crippen LogP contribution in [0.25, 0.3) is 22.7 Å². The minimum atomic E-state index is -0.428. The molecular weight excluding hydrogens is 403 g/mol. The van der Waals surface area contributed by atoms with Gasteiger partial charge in [-0.3, -0.25) is 4.79 Å². The third-order valence-electron chi connectivity index (χ3n) is 5.58. The second kappa shape index (κ2) is 8.94. The van der Waals surface area contributed by atoms with Gasteiger partial charge in [0.1, 0.15) is 17.5 Å². The fourth-order valence-electron chi connectivity index (χ4n) is 3.99. The minimum Gasteiger partial charge on any atom is -0.361 e. The van der Waals surface area contributed by atoms with Gasteiger partial charge in [-0.05, 0) is 61.7 Å². The standard InChI is InChI=1S/C26H23FN4O/c1-17-13-20(18(2)31(17)25-10-6-4-8-23(25)27)14-21(15-28)26(32)29-12-11-19-16-30-24-9-5-3-7-22(19)24/h3-10,13-14,16,30H,11-12H2,1-2H3,(H,29,32). The van der Waals surface area contributed by atoms with E-state index in [-0.39, 0.29) is 11.4 Å². The molecule has 2 heterocycles. The number of nitrogens with zero attached hydrogens (tertiary/aromatic N) is 2. The normalized spacial score (nSPS) is 11.5. The number of hydrogen-bond acceptors (Lipinski definition) is 2. The number of halogens is 1. The van der Waals surface area contributed by atoms with Crippen LogP contribution in [-0.2, 0) is 11.2 Å². The summed E-state index contributed by atoms with van der Waals surface area (Å²) < 4.78 is 16.1. The van der Waals surface area contributed by atoms with E-state index in [1.54, 1.807) is 28.8 Å². The molecule has 0 aliphatic rings. The maximum absolute atomic E-state index is 14.3. The molecule has 0 radical (unpaired) electrons. The summed E-state index contributed by atoms with van der Waals surface area (Å²) in [6.07, 6.45) is 4.15. The number of aromatic amines is 1. The molecule has 32 heavy (non-hydrogen) atoms. The molecule has 0 atom stereocenters. The number of aromatic nitrogens is 2. The van der Waals surface area contributed by atoms with Crippen molar-refractivity contribution in [3.63, 3.8) is 0 Å². The molecule has 6 heteroatoms. The Kier molecular flexibility index (Phi) is 5.91. The van der Waals surface area contributed by atoms with E-state index in [9.17, 15) is 14.4 Å². The Labute approximate surface area is 185 Å². The van der Waals surface area contributed by atoms with E-state index in [0.29, 0.717) is 24.2 Å². The van der Waals surface area contributed by atoms with Gasteiger partial charge >= 0.3 is 0 Å². The first-order chi connectivity index (χ1) is 15.5. The van der Waals surface area contributed by atoms with Gasteiger partial charge in [-0.2, -0.15) is 5.26 Å². The number of amides is 1. The number of aryl methyl sites for hydroxylation is 1. The average Bonchev–Trinajstić information content (AvgIpc) is 3.32. The molecule has 4 rings (SSSR count). The molecule has 1 amide bonds. The van der Waals surface area contributed by atoms with Crippen molar-refractivity contribution in [1.29, 1.82) is 5.26 Å². The first-order valence-electron chi connectivity index (χ1n) is 10.4. The summed E-state index contributed by atoms with van der Waals surface area (Å²) in [4.78, 5) is 15.8. The lowest BCUT2D eigenvalue weighted by Crippen LogP contribution is -2.26. The lowest BCUT2D eigenvalue weighted by atomic mass is 10.1. The summed E-state index contributed by atoms with van der Waals surface area (Å²) in [5, 5.41) is 13.5. The summed E-state index contributed by atoms with van der Waals surface area (Å²) in [7, 11) is 0. The van der Waals surface area contributed by atoms with E-state index >= 15 is 0 Å². The molecule has 0 aliphatic heterocycles. The number of benzene rings is 2. The molecular formula is C26H23FN4O. The summed E-state index contributed by atoms with van der Waals surface area (Å²) in [5.74, 6) is -0.761. The molecule has 0 unspecified atom stereocenters. The molecule has 2 N–H and O–H groups in total. The third kappa shape index (κ3) is 4.06. The van der Waals surface area contributed by atoms with Crippen LogP contribution in [0.2, 0.25) is 0 Å². The van der Waals surface area contributed by atoms with Crippen LogP contribution in [0.1, 0.15) is 22.5 Å². The maximum atomic E-state index is 14.3. The molecule has 4 aromatic rings. The Hall–Kier alpha value is -4.11. The molecule has 0 spiro atoms. The van der Waals surface area contributed by atoms with Gasteiger partial charge in [-0.15, -0.1) is 0 Å². The fraction of sp³-hybridized carbons (Fsp3) is 0.154. The smallest absolute Gasteiger partial charge is 0.261 e. The van der Waals surface area contributed by atoms with Gasteiger partial charge < -0.3 is 14.9 Å². The molecule has 0 saturated heterocycles. The van der Waals surface area contributed by atoms with Gasteiger partial charge in [0.2, 0.25) is 0 Å². The topological polar surface area (TPSA) is 73.6 Å². The van der Waals surface area contributed by atoms with Gasteiger partial charge in [0, 0.05) is 35.0 Å². The van der Waals surface area contributed by atoms with Crippen LogP contribution in [0, 0.1) is 31.0 Å². The van der Waals surface area contributed by atoms with Crippen LogP contribution >= 0.6 is 0 Å². The minimum absolute atomic E-state index is 0.0118. The summed E-state index contributed by atoms with van der Waals surface area (Å²) >= 11 is 0. The van der Waals surface area contributed by atoms with Gasteiger partial charge in [0.05, 0.1) is 5.69 Å². The van der Waals surface area contributed by atoms with Crippen molar-refractivity contribution in [2.75, 3.05) is 6.54 Å². The van der Waals surface area contributed by atoms with E-state index in [1.807, 2.05) is 56.4 Å². The van der Waals surface area contributed by atoms with Crippen LogP contribution in [0.3, 0.4) is 0 Å². The number of carbonyl (C=O) groups excluding carboxylic acids is 1. The van der Waals surface area contributed by atoms with Gasteiger partial charge in [-0.1, -0.05) is 30.3 Å². The van der Waals surface area contributed by atoms with Crippen LogP contribution in [0.4, 0.5) is 4.39 Å². The molecule has 5 nitrogen and oxygen atoms in total. The highest BCUT2D eigenvalue weighted by Crippen LogP contribution is 2.24. The number of H-pyrrole nitrogens is 1. The van der Waals surface area contributed by atoms with Crippen LogP contribution < -0.4 is 5.32 Å². The third-order valence-corrected chi connectivity index (χ3v) is 5.58. The van der Waals surface area contributed by atoms with Crippen molar-refractivity contribution in [2.24, 2.45) is 0 Å². The average molecular weight is 426 g/mol. The number of nitriles is 1. The van der Waals surface area contributed by atoms with E-state index in [0.717, 1.165) is 27.9 Å². The Balaban J connectivity index is 1.50. The highest BCUT2D eigenvalue weighted by molar-refractivity contribution is 6.01. The van der Waals surface area contributed by atoms with Crippen molar-refractivity contribution in [3.8, 4) is 11.8 Å².